The van der Waals surface area contributed by atoms with Gasteiger partial charge in [-0.2, -0.15) is 0 Å². The average molecular weight is 410 g/mol. The monoisotopic (exact) mass is 410 g/mol. The SMILES string of the molecule is COC(=O)C=P(c1ccccc1)(c1ccccc1)c1ccccc1-c1ccccc1. The van der Waals surface area contributed by atoms with Gasteiger partial charge in [0.2, 0.25) is 0 Å². The molecule has 4 aromatic carbocycles. The second kappa shape index (κ2) is 8.98. The van der Waals surface area contributed by atoms with Gasteiger partial charge in [-0.3, -0.25) is 0 Å². The third kappa shape index (κ3) is 3.75. The predicted molar refractivity (Wildman–Crippen MR) is 129 cm³/mol. The molecule has 0 saturated carbocycles. The van der Waals surface area contributed by atoms with E-state index in [1.807, 2.05) is 60.7 Å². The zero-order valence-electron chi connectivity index (χ0n) is 16.8. The summed E-state index contributed by atoms with van der Waals surface area (Å²) < 4.78 is 5.15. The lowest BCUT2D eigenvalue weighted by Gasteiger charge is -2.30. The van der Waals surface area contributed by atoms with Crippen LogP contribution < -0.4 is 15.9 Å². The van der Waals surface area contributed by atoms with Crippen molar-refractivity contribution < 1.29 is 9.53 Å². The summed E-state index contributed by atoms with van der Waals surface area (Å²) >= 11 is 0. The van der Waals surface area contributed by atoms with E-state index in [0.29, 0.717) is 0 Å². The van der Waals surface area contributed by atoms with Gasteiger partial charge in [-0.25, -0.2) is 4.79 Å². The molecular weight excluding hydrogens is 387 g/mol. The molecule has 0 saturated heterocycles. The molecule has 148 valence electrons. The fourth-order valence-corrected chi connectivity index (χ4v) is 7.73. The highest BCUT2D eigenvalue weighted by Gasteiger charge is 2.29. The third-order valence-electron chi connectivity index (χ3n) is 5.20. The maximum Gasteiger partial charge on any atom is 0.331 e. The highest BCUT2D eigenvalue weighted by Crippen LogP contribution is 2.46. The number of ether oxygens (including phenoxy) is 1. The van der Waals surface area contributed by atoms with Crippen molar-refractivity contribution in [1.82, 2.24) is 0 Å². The van der Waals surface area contributed by atoms with Gasteiger partial charge < -0.3 is 4.74 Å². The minimum atomic E-state index is -2.43. The molecule has 0 amide bonds. The minimum Gasteiger partial charge on any atom is -0.466 e. The maximum absolute atomic E-state index is 12.7. The number of methoxy groups -OCH3 is 1. The van der Waals surface area contributed by atoms with E-state index >= 15 is 0 Å². The van der Waals surface area contributed by atoms with Crippen LogP contribution >= 0.6 is 6.89 Å². The molecule has 0 aliphatic rings. The van der Waals surface area contributed by atoms with Crippen LogP contribution in [0.2, 0.25) is 0 Å². The summed E-state index contributed by atoms with van der Waals surface area (Å²) in [5.41, 5.74) is 2.25. The fraction of sp³-hybridized carbons (Fsp3) is 0.0370. The van der Waals surface area contributed by atoms with Gasteiger partial charge in [0.25, 0.3) is 0 Å². The molecule has 0 aliphatic heterocycles. The molecule has 2 nitrogen and oxygen atoms in total. The highest BCUT2D eigenvalue weighted by atomic mass is 31.2. The van der Waals surface area contributed by atoms with Gasteiger partial charge in [-0.15, -0.1) is 0 Å². The van der Waals surface area contributed by atoms with Crippen molar-refractivity contribution in [1.29, 1.82) is 0 Å². The normalized spacial score (nSPS) is 11.0. The van der Waals surface area contributed by atoms with Crippen LogP contribution in [0.5, 0.6) is 0 Å². The Hall–Kier alpha value is -3.35. The number of hydrogen-bond donors (Lipinski definition) is 0. The number of hydrogen-bond acceptors (Lipinski definition) is 2. The Morgan fingerprint density at radius 2 is 1.13 bits per heavy atom. The first-order valence-electron chi connectivity index (χ1n) is 9.84. The third-order valence-corrected chi connectivity index (χ3v) is 9.17. The Labute approximate surface area is 177 Å². The Morgan fingerprint density at radius 1 is 0.667 bits per heavy atom. The summed E-state index contributed by atoms with van der Waals surface area (Å²) in [6.45, 7) is -2.43. The molecule has 0 unspecified atom stereocenters. The van der Waals surface area contributed by atoms with Gasteiger partial charge in [0.1, 0.15) is 0 Å². The van der Waals surface area contributed by atoms with E-state index in [4.69, 9.17) is 4.74 Å². The molecule has 0 aromatic heterocycles. The summed E-state index contributed by atoms with van der Waals surface area (Å²) in [5, 5.41) is 3.37. The van der Waals surface area contributed by atoms with E-state index in [1.165, 1.54) is 7.11 Å². The van der Waals surface area contributed by atoms with Crippen LogP contribution in [0, 0.1) is 0 Å². The Balaban J connectivity index is 2.16. The van der Waals surface area contributed by atoms with Gasteiger partial charge in [0.05, 0.1) is 7.11 Å². The first-order valence-corrected chi connectivity index (χ1v) is 11.7. The summed E-state index contributed by atoms with van der Waals surface area (Å²) in [7, 11) is 1.44. The molecule has 0 heterocycles. The van der Waals surface area contributed by atoms with Crippen LogP contribution in [0.25, 0.3) is 11.1 Å². The van der Waals surface area contributed by atoms with Crippen molar-refractivity contribution in [2.75, 3.05) is 7.11 Å². The van der Waals surface area contributed by atoms with Gasteiger partial charge in [-0.05, 0) is 33.9 Å². The lowest BCUT2D eigenvalue weighted by atomic mass is 10.1. The van der Waals surface area contributed by atoms with E-state index in [0.717, 1.165) is 27.0 Å². The van der Waals surface area contributed by atoms with E-state index in [2.05, 4.69) is 54.6 Å². The molecule has 0 bridgehead atoms. The largest absolute Gasteiger partial charge is 0.466 e. The topological polar surface area (TPSA) is 26.3 Å². The van der Waals surface area contributed by atoms with Crippen molar-refractivity contribution in [2.24, 2.45) is 0 Å². The Morgan fingerprint density at radius 3 is 1.67 bits per heavy atom. The second-order valence-electron chi connectivity index (χ2n) is 6.93. The van der Waals surface area contributed by atoms with Crippen molar-refractivity contribution in [3.05, 3.63) is 115 Å². The molecule has 4 aromatic rings. The molecule has 0 radical (unpaired) electrons. The van der Waals surface area contributed by atoms with Gasteiger partial charge in [-0.1, -0.05) is 115 Å². The van der Waals surface area contributed by atoms with Crippen molar-refractivity contribution in [2.45, 2.75) is 0 Å². The first kappa shape index (κ1) is 19.9. The minimum absolute atomic E-state index is 0.320. The van der Waals surface area contributed by atoms with E-state index in [-0.39, 0.29) is 5.97 Å². The lowest BCUT2D eigenvalue weighted by molar-refractivity contribution is -0.132. The molecule has 4 rings (SSSR count). The van der Waals surface area contributed by atoms with Crippen molar-refractivity contribution in [3.8, 4) is 11.1 Å². The Kier molecular flexibility index (Phi) is 5.97. The highest BCUT2D eigenvalue weighted by molar-refractivity contribution is 7.95. The molecule has 0 fully saturated rings. The van der Waals surface area contributed by atoms with E-state index in [1.54, 1.807) is 5.80 Å². The Bertz CT molecular complexity index is 1140. The molecule has 30 heavy (non-hydrogen) atoms. The molecule has 0 N–H and O–H groups in total. The second-order valence-corrected chi connectivity index (χ2v) is 10.1. The summed E-state index contributed by atoms with van der Waals surface area (Å²) in [6, 6.07) is 39.3. The summed E-state index contributed by atoms with van der Waals surface area (Å²) in [5.74, 6) is 1.48. The van der Waals surface area contributed by atoms with E-state index in [9.17, 15) is 4.79 Å². The molecular formula is C27H23O2P. The quantitative estimate of drug-likeness (QED) is 0.354. The zero-order chi connectivity index (χ0) is 20.8. The lowest BCUT2D eigenvalue weighted by Crippen LogP contribution is -2.30. The smallest absolute Gasteiger partial charge is 0.331 e. The maximum atomic E-state index is 12.7. The number of rotatable bonds is 5. The van der Waals surface area contributed by atoms with Crippen molar-refractivity contribution >= 4 is 34.6 Å². The number of benzene rings is 4. The number of carbonyl (C=O) groups is 1. The molecule has 3 heteroatoms. The molecule has 0 spiro atoms. The van der Waals surface area contributed by atoms with Gasteiger partial charge >= 0.3 is 5.97 Å². The number of carbonyl (C=O) groups excluding carboxylic acids is 1. The standard InChI is InChI=1S/C27H23O2P/c1-29-27(28)21-30(23-15-7-3-8-16-23,24-17-9-4-10-18-24)26-20-12-11-19-25(26)22-13-5-2-6-14-22/h2-21H,1H3. The van der Waals surface area contributed by atoms with Crippen LogP contribution in [0.1, 0.15) is 0 Å². The zero-order valence-corrected chi connectivity index (χ0v) is 17.7. The van der Waals surface area contributed by atoms with Crippen LogP contribution in [0.3, 0.4) is 0 Å². The summed E-state index contributed by atoms with van der Waals surface area (Å²) in [6.07, 6.45) is 0. The first-order chi connectivity index (χ1) is 14.8. The van der Waals surface area contributed by atoms with Gasteiger partial charge in [0.15, 0.2) is 0 Å². The van der Waals surface area contributed by atoms with Crippen LogP contribution in [0.4, 0.5) is 0 Å². The van der Waals surface area contributed by atoms with Gasteiger partial charge in [0, 0.05) is 5.80 Å². The summed E-state index contributed by atoms with van der Waals surface area (Å²) in [4.78, 5) is 12.7. The van der Waals surface area contributed by atoms with Crippen LogP contribution in [0.15, 0.2) is 115 Å². The van der Waals surface area contributed by atoms with E-state index < -0.39 is 6.89 Å². The fourth-order valence-electron chi connectivity index (χ4n) is 3.83. The molecule has 0 aliphatic carbocycles. The molecule has 0 atom stereocenters. The number of esters is 1. The predicted octanol–water partition coefficient (Wildman–Crippen LogP) is 4.62. The average Bonchev–Trinajstić information content (AvgIpc) is 2.84. The van der Waals surface area contributed by atoms with Crippen LogP contribution in [-0.2, 0) is 9.53 Å². The van der Waals surface area contributed by atoms with Crippen LogP contribution in [-0.4, -0.2) is 18.9 Å². The van der Waals surface area contributed by atoms with Crippen molar-refractivity contribution in [3.63, 3.8) is 0 Å².